The molecule has 2 fully saturated rings. The molecule has 0 radical (unpaired) electrons. The van der Waals surface area contributed by atoms with Gasteiger partial charge in [-0.2, -0.15) is 5.26 Å². The standard InChI is InChI=1S/C30H26N4O3/c31-17-33-14-23(15-33)28-13-22-11-19(18-7-8-18)9-10-25(22)30(37)34(28)27-6-2-5-24(26(27)16-35)20-3-1-4-21(12-20)29(32)36/h1-6,9-13,18,23,35H,7-8,14-16H2,(H2,32,36). The lowest BCUT2D eigenvalue weighted by Gasteiger charge is -2.36. The molecule has 3 N–H and O–H groups in total. The summed E-state index contributed by atoms with van der Waals surface area (Å²) in [5.41, 5.74) is 10.4. The van der Waals surface area contributed by atoms with Crippen molar-refractivity contribution in [2.24, 2.45) is 5.73 Å². The minimum atomic E-state index is -0.533. The Hall–Kier alpha value is -4.41. The number of nitrogens with zero attached hydrogens (tertiary/aromatic N) is 3. The molecule has 184 valence electrons. The van der Waals surface area contributed by atoms with Gasteiger partial charge in [0.2, 0.25) is 5.91 Å². The van der Waals surface area contributed by atoms with Gasteiger partial charge in [-0.25, -0.2) is 0 Å². The number of aliphatic hydroxyl groups excluding tert-OH is 1. The Morgan fingerprint density at radius 3 is 2.51 bits per heavy atom. The van der Waals surface area contributed by atoms with Crippen molar-refractivity contribution in [2.45, 2.75) is 31.3 Å². The van der Waals surface area contributed by atoms with Crippen molar-refractivity contribution in [1.82, 2.24) is 9.47 Å². The number of hydrogen-bond donors (Lipinski definition) is 2. The minimum absolute atomic E-state index is 0.00900. The van der Waals surface area contributed by atoms with Crippen LogP contribution in [0.15, 0.2) is 71.5 Å². The van der Waals surface area contributed by atoms with Gasteiger partial charge in [0.15, 0.2) is 6.19 Å². The van der Waals surface area contributed by atoms with Crippen LogP contribution in [-0.2, 0) is 6.61 Å². The molecule has 1 aliphatic carbocycles. The molecule has 2 aliphatic rings. The van der Waals surface area contributed by atoms with Crippen LogP contribution in [0.5, 0.6) is 0 Å². The molecule has 2 heterocycles. The number of pyridine rings is 1. The van der Waals surface area contributed by atoms with E-state index in [4.69, 9.17) is 5.73 Å². The summed E-state index contributed by atoms with van der Waals surface area (Å²) in [4.78, 5) is 27.5. The topological polar surface area (TPSA) is 112 Å². The normalized spacial score (nSPS) is 15.4. The van der Waals surface area contributed by atoms with Gasteiger partial charge < -0.3 is 15.7 Å². The second-order valence-corrected chi connectivity index (χ2v) is 9.94. The van der Waals surface area contributed by atoms with Crippen molar-refractivity contribution in [2.75, 3.05) is 13.1 Å². The van der Waals surface area contributed by atoms with Gasteiger partial charge in [-0.1, -0.05) is 36.4 Å². The fourth-order valence-electron chi connectivity index (χ4n) is 5.38. The van der Waals surface area contributed by atoms with Gasteiger partial charge >= 0.3 is 0 Å². The lowest BCUT2D eigenvalue weighted by Crippen LogP contribution is -2.43. The van der Waals surface area contributed by atoms with Crippen molar-refractivity contribution < 1.29 is 9.90 Å². The molecule has 1 aromatic heterocycles. The Morgan fingerprint density at radius 2 is 1.81 bits per heavy atom. The molecule has 1 amide bonds. The second-order valence-electron chi connectivity index (χ2n) is 9.94. The zero-order valence-electron chi connectivity index (χ0n) is 20.2. The molecule has 1 saturated carbocycles. The van der Waals surface area contributed by atoms with E-state index < -0.39 is 5.91 Å². The van der Waals surface area contributed by atoms with Crippen LogP contribution in [0.2, 0.25) is 0 Å². The number of fused-ring (bicyclic) bond motifs is 1. The number of primary amides is 1. The number of rotatable bonds is 6. The molecule has 6 rings (SSSR count). The Labute approximate surface area is 214 Å². The summed E-state index contributed by atoms with van der Waals surface area (Å²) in [5, 5.41) is 21.4. The van der Waals surface area contributed by atoms with Gasteiger partial charge in [0, 0.05) is 41.2 Å². The fraction of sp³-hybridized carbons (Fsp3) is 0.233. The molecule has 4 aromatic rings. The number of carbonyl (C=O) groups is 1. The number of aliphatic hydroxyl groups is 1. The Kier molecular flexibility index (Phi) is 5.54. The van der Waals surface area contributed by atoms with E-state index in [0.29, 0.717) is 41.2 Å². The van der Waals surface area contributed by atoms with Gasteiger partial charge in [0.05, 0.1) is 12.3 Å². The third kappa shape index (κ3) is 3.96. The first-order chi connectivity index (χ1) is 18.0. The van der Waals surface area contributed by atoms with Gasteiger partial charge in [-0.05, 0) is 71.2 Å². The Balaban J connectivity index is 1.58. The van der Waals surface area contributed by atoms with E-state index in [2.05, 4.69) is 18.3 Å². The predicted molar refractivity (Wildman–Crippen MR) is 141 cm³/mol. The van der Waals surface area contributed by atoms with E-state index in [0.717, 1.165) is 22.2 Å². The third-order valence-electron chi connectivity index (χ3n) is 7.57. The largest absolute Gasteiger partial charge is 0.392 e. The first-order valence-corrected chi connectivity index (χ1v) is 12.5. The first kappa shape index (κ1) is 23.0. The van der Waals surface area contributed by atoms with Gasteiger partial charge in [-0.3, -0.25) is 14.2 Å². The number of aromatic nitrogens is 1. The van der Waals surface area contributed by atoms with E-state index in [1.807, 2.05) is 36.4 Å². The number of nitrogens with two attached hydrogens (primary N) is 1. The summed E-state index contributed by atoms with van der Waals surface area (Å²) in [6, 6.07) is 20.6. The molecular formula is C30H26N4O3. The fourth-order valence-corrected chi connectivity index (χ4v) is 5.38. The van der Waals surface area contributed by atoms with Crippen molar-refractivity contribution in [1.29, 1.82) is 5.26 Å². The van der Waals surface area contributed by atoms with E-state index in [1.54, 1.807) is 27.7 Å². The number of likely N-dealkylation sites (tertiary alicyclic amines) is 1. The summed E-state index contributed by atoms with van der Waals surface area (Å²) in [5.74, 6) is 0.0470. The maximum atomic E-state index is 14.0. The summed E-state index contributed by atoms with van der Waals surface area (Å²) in [6.45, 7) is 0.781. The Bertz CT molecular complexity index is 1660. The molecule has 7 nitrogen and oxygen atoms in total. The van der Waals surface area contributed by atoms with Crippen molar-refractivity contribution in [3.05, 3.63) is 99.5 Å². The molecule has 0 unspecified atom stereocenters. The van der Waals surface area contributed by atoms with E-state index >= 15 is 0 Å². The molecule has 1 aliphatic heterocycles. The predicted octanol–water partition coefficient (Wildman–Crippen LogP) is 4.01. The quantitative estimate of drug-likeness (QED) is 0.397. The monoisotopic (exact) mass is 490 g/mol. The van der Waals surface area contributed by atoms with E-state index in [9.17, 15) is 20.0 Å². The lowest BCUT2D eigenvalue weighted by molar-refractivity contribution is 0.100. The van der Waals surface area contributed by atoms with Crippen LogP contribution in [0.4, 0.5) is 0 Å². The van der Waals surface area contributed by atoms with Crippen molar-refractivity contribution in [3.8, 4) is 23.0 Å². The third-order valence-corrected chi connectivity index (χ3v) is 7.57. The van der Waals surface area contributed by atoms with Gasteiger partial charge in [0.25, 0.3) is 5.56 Å². The second kappa shape index (κ2) is 8.91. The highest BCUT2D eigenvalue weighted by atomic mass is 16.3. The average Bonchev–Trinajstić information content (AvgIpc) is 3.73. The van der Waals surface area contributed by atoms with Crippen LogP contribution in [0.25, 0.3) is 27.6 Å². The highest BCUT2D eigenvalue weighted by Crippen LogP contribution is 2.41. The summed E-state index contributed by atoms with van der Waals surface area (Å²) < 4.78 is 1.70. The number of hydrogen-bond acceptors (Lipinski definition) is 5. The number of amides is 1. The van der Waals surface area contributed by atoms with Crippen LogP contribution >= 0.6 is 0 Å². The molecule has 3 aromatic carbocycles. The SMILES string of the molecule is N#CN1CC(c2cc3cc(C4CC4)ccc3c(=O)n2-c2cccc(-c3cccc(C(N)=O)c3)c2CO)C1. The summed E-state index contributed by atoms with van der Waals surface area (Å²) in [6.07, 6.45) is 4.54. The molecule has 0 bridgehead atoms. The zero-order chi connectivity index (χ0) is 25.7. The Morgan fingerprint density at radius 1 is 1.03 bits per heavy atom. The van der Waals surface area contributed by atoms with Gasteiger partial charge in [0.1, 0.15) is 0 Å². The highest BCUT2D eigenvalue weighted by Gasteiger charge is 2.32. The van der Waals surface area contributed by atoms with Crippen LogP contribution in [0, 0.1) is 11.5 Å². The maximum Gasteiger partial charge on any atom is 0.263 e. The smallest absolute Gasteiger partial charge is 0.263 e. The van der Waals surface area contributed by atoms with Crippen LogP contribution in [0.3, 0.4) is 0 Å². The zero-order valence-corrected chi connectivity index (χ0v) is 20.2. The van der Waals surface area contributed by atoms with Crippen LogP contribution in [0.1, 0.15) is 51.9 Å². The maximum absolute atomic E-state index is 14.0. The number of benzene rings is 3. The highest BCUT2D eigenvalue weighted by molar-refractivity contribution is 5.94. The summed E-state index contributed by atoms with van der Waals surface area (Å²) in [7, 11) is 0. The molecule has 0 atom stereocenters. The van der Waals surface area contributed by atoms with E-state index in [1.165, 1.54) is 18.4 Å². The molecule has 37 heavy (non-hydrogen) atoms. The molecule has 1 saturated heterocycles. The molecule has 0 spiro atoms. The van der Waals surface area contributed by atoms with Crippen molar-refractivity contribution in [3.63, 3.8) is 0 Å². The van der Waals surface area contributed by atoms with E-state index in [-0.39, 0.29) is 18.1 Å². The van der Waals surface area contributed by atoms with Crippen LogP contribution in [-0.4, -0.2) is 33.6 Å². The van der Waals surface area contributed by atoms with Crippen molar-refractivity contribution >= 4 is 16.7 Å². The minimum Gasteiger partial charge on any atom is -0.392 e. The molecule has 7 heteroatoms. The van der Waals surface area contributed by atoms with Gasteiger partial charge in [-0.15, -0.1) is 0 Å². The number of carbonyl (C=O) groups excluding carboxylic acids is 1. The lowest BCUT2D eigenvalue weighted by atomic mass is 9.92. The summed E-state index contributed by atoms with van der Waals surface area (Å²) >= 11 is 0. The average molecular weight is 491 g/mol. The first-order valence-electron chi connectivity index (χ1n) is 12.5. The molecular weight excluding hydrogens is 464 g/mol. The number of nitriles is 1. The van der Waals surface area contributed by atoms with Crippen LogP contribution < -0.4 is 11.3 Å².